The summed E-state index contributed by atoms with van der Waals surface area (Å²) in [5.74, 6) is 3.57. The molecule has 0 radical (unpaired) electrons. The Morgan fingerprint density at radius 1 is 1.04 bits per heavy atom. The second kappa shape index (κ2) is 6.47. The van der Waals surface area contributed by atoms with Crippen LogP contribution in [-0.4, -0.2) is 16.2 Å². The molecule has 142 valence electrons. The van der Waals surface area contributed by atoms with Crippen LogP contribution in [0.1, 0.15) is 56.6 Å². The Bertz CT molecular complexity index is 813. The zero-order valence-electron chi connectivity index (χ0n) is 15.9. The highest BCUT2D eigenvalue weighted by Crippen LogP contribution is 2.56. The van der Waals surface area contributed by atoms with Gasteiger partial charge in [0, 0.05) is 5.56 Å². The van der Waals surface area contributed by atoms with E-state index in [1.165, 1.54) is 37.7 Å². The summed E-state index contributed by atoms with van der Waals surface area (Å²) in [4.78, 5) is 12.9. The Hall–Kier alpha value is -2.17. The predicted molar refractivity (Wildman–Crippen MR) is 99.5 cm³/mol. The highest BCUT2D eigenvalue weighted by Gasteiger charge is 2.51. The van der Waals surface area contributed by atoms with Gasteiger partial charge >= 0.3 is 5.97 Å². The average Bonchev–Trinajstić information content (AvgIpc) is 3.11. The molecule has 6 rings (SSSR count). The average molecular weight is 366 g/mol. The third-order valence-electron chi connectivity index (χ3n) is 6.88. The van der Waals surface area contributed by atoms with Gasteiger partial charge in [0.25, 0.3) is 5.89 Å². The molecule has 27 heavy (non-hydrogen) atoms. The smallest absolute Gasteiger partial charge is 0.310 e. The fourth-order valence-corrected chi connectivity index (χ4v) is 5.82. The van der Waals surface area contributed by atoms with Crippen molar-refractivity contribution in [1.29, 1.82) is 0 Å². The molecule has 0 unspecified atom stereocenters. The van der Waals surface area contributed by atoms with E-state index < -0.39 is 6.10 Å². The topological polar surface area (TPSA) is 65.2 Å². The third kappa shape index (κ3) is 3.07. The van der Waals surface area contributed by atoms with Crippen molar-refractivity contribution in [3.63, 3.8) is 0 Å². The molecule has 0 amide bonds. The maximum atomic E-state index is 12.9. The van der Waals surface area contributed by atoms with Gasteiger partial charge in [0.05, 0.1) is 5.92 Å². The molecule has 4 fully saturated rings. The summed E-state index contributed by atoms with van der Waals surface area (Å²) < 4.78 is 11.6. The summed E-state index contributed by atoms with van der Waals surface area (Å²) in [6.45, 7) is 3.86. The normalized spacial score (nSPS) is 32.4. The molecule has 1 aromatic heterocycles. The molecule has 0 saturated heterocycles. The standard InChI is InChI=1S/C22H26N2O3/c1-12-3-5-16(6-4-12)21-24-23-20(27-21)13(2)26-22(25)19-17-8-14-7-15(10-17)11-18(19)9-14/h3-6,13-15,17-19H,7-11H2,1-2H3/t13-,14?,15?,17?,18?,19?/m0/s1. The minimum Gasteiger partial charge on any atom is -0.452 e. The number of rotatable bonds is 4. The lowest BCUT2D eigenvalue weighted by atomic mass is 9.52. The maximum Gasteiger partial charge on any atom is 0.310 e. The van der Waals surface area contributed by atoms with E-state index in [4.69, 9.17) is 9.15 Å². The summed E-state index contributed by atoms with van der Waals surface area (Å²) in [5, 5.41) is 8.23. The summed E-state index contributed by atoms with van der Waals surface area (Å²) in [6, 6.07) is 7.93. The van der Waals surface area contributed by atoms with Crippen LogP contribution in [0.4, 0.5) is 0 Å². The molecule has 4 aliphatic rings. The Morgan fingerprint density at radius 2 is 1.67 bits per heavy atom. The summed E-state index contributed by atoms with van der Waals surface area (Å²) in [6.07, 6.45) is 5.70. The van der Waals surface area contributed by atoms with Crippen molar-refractivity contribution < 1.29 is 13.9 Å². The van der Waals surface area contributed by atoms with E-state index in [2.05, 4.69) is 10.2 Å². The largest absolute Gasteiger partial charge is 0.452 e. The van der Waals surface area contributed by atoms with Gasteiger partial charge in [-0.25, -0.2) is 0 Å². The first kappa shape index (κ1) is 17.0. The van der Waals surface area contributed by atoms with Crippen molar-refractivity contribution >= 4 is 5.97 Å². The minimum absolute atomic E-state index is 0.0635. The van der Waals surface area contributed by atoms with Crippen molar-refractivity contribution in [3.8, 4) is 11.5 Å². The number of carbonyl (C=O) groups excluding carboxylic acids is 1. The number of ether oxygens (including phenoxy) is 1. The second-order valence-corrected chi connectivity index (χ2v) is 8.85. The van der Waals surface area contributed by atoms with Gasteiger partial charge in [-0.15, -0.1) is 10.2 Å². The van der Waals surface area contributed by atoms with E-state index in [0.717, 1.165) is 17.4 Å². The number of hydrogen-bond donors (Lipinski definition) is 0. The Kier molecular flexibility index (Phi) is 4.06. The molecule has 0 spiro atoms. The molecule has 5 nitrogen and oxygen atoms in total. The third-order valence-corrected chi connectivity index (χ3v) is 6.88. The van der Waals surface area contributed by atoms with Gasteiger partial charge in [0.2, 0.25) is 5.89 Å². The molecule has 4 aliphatic carbocycles. The number of hydrogen-bond acceptors (Lipinski definition) is 5. The van der Waals surface area contributed by atoms with Crippen LogP contribution in [0.5, 0.6) is 0 Å². The second-order valence-electron chi connectivity index (χ2n) is 8.85. The number of nitrogens with zero attached hydrogens (tertiary/aromatic N) is 2. The van der Waals surface area contributed by atoms with Gasteiger partial charge in [-0.2, -0.15) is 0 Å². The van der Waals surface area contributed by atoms with Crippen molar-refractivity contribution in [3.05, 3.63) is 35.7 Å². The van der Waals surface area contributed by atoms with Crippen molar-refractivity contribution in [2.75, 3.05) is 0 Å². The monoisotopic (exact) mass is 366 g/mol. The van der Waals surface area contributed by atoms with E-state index in [0.29, 0.717) is 23.6 Å². The maximum absolute atomic E-state index is 12.9. The Morgan fingerprint density at radius 3 is 2.30 bits per heavy atom. The van der Waals surface area contributed by atoms with Crippen molar-refractivity contribution in [1.82, 2.24) is 10.2 Å². The fourth-order valence-electron chi connectivity index (χ4n) is 5.82. The molecule has 2 aromatic rings. The number of benzene rings is 1. The lowest BCUT2D eigenvalue weighted by molar-refractivity contribution is -0.168. The first-order chi connectivity index (χ1) is 13.1. The molecule has 1 aromatic carbocycles. The molecular formula is C22H26N2O3. The van der Waals surface area contributed by atoms with Crippen molar-refractivity contribution in [2.24, 2.45) is 29.6 Å². The van der Waals surface area contributed by atoms with Crippen LogP contribution in [0.2, 0.25) is 0 Å². The molecule has 0 N–H and O–H groups in total. The zero-order chi connectivity index (χ0) is 18.5. The summed E-state index contributed by atoms with van der Waals surface area (Å²) in [7, 11) is 0. The zero-order valence-corrected chi connectivity index (χ0v) is 15.9. The van der Waals surface area contributed by atoms with Crippen LogP contribution in [0.15, 0.2) is 28.7 Å². The van der Waals surface area contributed by atoms with Crippen LogP contribution in [-0.2, 0) is 9.53 Å². The van der Waals surface area contributed by atoms with Crippen LogP contribution in [0.3, 0.4) is 0 Å². The van der Waals surface area contributed by atoms with Gasteiger partial charge in [-0.05, 0) is 81.8 Å². The molecule has 0 aliphatic heterocycles. The number of carbonyl (C=O) groups is 1. The van der Waals surface area contributed by atoms with Gasteiger partial charge in [0.15, 0.2) is 6.10 Å². The van der Waals surface area contributed by atoms with Crippen molar-refractivity contribution in [2.45, 2.75) is 52.1 Å². The van der Waals surface area contributed by atoms with Crippen LogP contribution in [0.25, 0.3) is 11.5 Å². The predicted octanol–water partition coefficient (Wildman–Crippen LogP) is 4.72. The van der Waals surface area contributed by atoms with E-state index >= 15 is 0 Å². The number of aryl methyl sites for hydroxylation is 1. The lowest BCUT2D eigenvalue weighted by Crippen LogP contribution is -2.48. The van der Waals surface area contributed by atoms with Crippen LogP contribution < -0.4 is 0 Å². The van der Waals surface area contributed by atoms with Gasteiger partial charge in [0.1, 0.15) is 0 Å². The first-order valence-corrected chi connectivity index (χ1v) is 10.2. The number of esters is 1. The molecular weight excluding hydrogens is 340 g/mol. The molecule has 4 bridgehead atoms. The van der Waals surface area contributed by atoms with Crippen LogP contribution >= 0.6 is 0 Å². The molecule has 1 atom stereocenters. The highest BCUT2D eigenvalue weighted by molar-refractivity contribution is 5.74. The van der Waals surface area contributed by atoms with E-state index in [-0.39, 0.29) is 11.9 Å². The first-order valence-electron chi connectivity index (χ1n) is 10.2. The molecule has 1 heterocycles. The summed E-state index contributed by atoms with van der Waals surface area (Å²) in [5.41, 5.74) is 2.05. The molecule has 4 saturated carbocycles. The van der Waals surface area contributed by atoms with E-state index in [1.807, 2.05) is 38.1 Å². The molecule has 5 heteroatoms. The fraction of sp³-hybridized carbons (Fsp3) is 0.591. The van der Waals surface area contributed by atoms with E-state index in [1.54, 1.807) is 0 Å². The number of aromatic nitrogens is 2. The highest BCUT2D eigenvalue weighted by atomic mass is 16.6. The summed E-state index contributed by atoms with van der Waals surface area (Å²) >= 11 is 0. The minimum atomic E-state index is -0.513. The lowest BCUT2D eigenvalue weighted by Gasteiger charge is -2.53. The van der Waals surface area contributed by atoms with Gasteiger partial charge < -0.3 is 9.15 Å². The van der Waals surface area contributed by atoms with Crippen LogP contribution in [0, 0.1) is 36.5 Å². The Labute approximate surface area is 159 Å². The quantitative estimate of drug-likeness (QED) is 0.733. The van der Waals surface area contributed by atoms with Gasteiger partial charge in [-0.3, -0.25) is 4.79 Å². The van der Waals surface area contributed by atoms with Gasteiger partial charge in [-0.1, -0.05) is 17.7 Å². The Balaban J connectivity index is 1.27. The van der Waals surface area contributed by atoms with E-state index in [9.17, 15) is 4.79 Å². The SMILES string of the molecule is Cc1ccc(-c2nnc([C@H](C)OC(=O)C3C4CC5CC(C4)CC3C5)o2)cc1.